The maximum absolute atomic E-state index is 2.27. The van der Waals surface area contributed by atoms with Gasteiger partial charge in [-0.25, -0.2) is 0 Å². The lowest BCUT2D eigenvalue weighted by Crippen LogP contribution is -2.15. The zero-order valence-corrected chi connectivity index (χ0v) is 14.7. The minimum absolute atomic E-state index is 0.944. The Morgan fingerprint density at radius 3 is 1.81 bits per heavy atom. The highest BCUT2D eigenvalue weighted by atomic mass is 32.2. The Labute approximate surface area is 136 Å². The van der Waals surface area contributed by atoms with E-state index in [1.165, 1.54) is 21.2 Å². The molecule has 4 heteroatoms. The summed E-state index contributed by atoms with van der Waals surface area (Å²) in [6.07, 6.45) is 2.10. The predicted octanol–water partition coefficient (Wildman–Crippen LogP) is 4.66. The number of benzene rings is 2. The summed E-state index contributed by atoms with van der Waals surface area (Å²) < 4.78 is 0. The number of hydrogen-bond donors (Lipinski definition) is 0. The van der Waals surface area contributed by atoms with E-state index in [1.54, 1.807) is 11.8 Å². The Kier molecular flexibility index (Phi) is 5.88. The van der Waals surface area contributed by atoms with Gasteiger partial charge in [0.25, 0.3) is 0 Å². The summed E-state index contributed by atoms with van der Waals surface area (Å²) in [5.41, 5.74) is 2.49. The normalized spacial score (nSPS) is 10.5. The van der Waals surface area contributed by atoms with Crippen LogP contribution in [0.25, 0.3) is 0 Å². The topological polar surface area (TPSA) is 6.48 Å². The molecule has 0 N–H and O–H groups in total. The van der Waals surface area contributed by atoms with E-state index in [-0.39, 0.29) is 0 Å². The molecule has 0 aliphatic rings. The first kappa shape index (κ1) is 16.1. The van der Waals surface area contributed by atoms with Crippen molar-refractivity contribution in [2.75, 3.05) is 43.1 Å². The lowest BCUT2D eigenvalue weighted by Gasteiger charge is -2.19. The van der Waals surface area contributed by atoms with Crippen molar-refractivity contribution in [3.8, 4) is 0 Å². The SMILES string of the molecule is CSc1ccc(N(C)CSc2ccc(N(C)C)cc2)cc1. The van der Waals surface area contributed by atoms with Crippen LogP contribution >= 0.6 is 23.5 Å². The Morgan fingerprint density at radius 2 is 1.29 bits per heavy atom. The van der Waals surface area contributed by atoms with Gasteiger partial charge in [0.1, 0.15) is 0 Å². The van der Waals surface area contributed by atoms with Gasteiger partial charge < -0.3 is 9.80 Å². The van der Waals surface area contributed by atoms with Gasteiger partial charge >= 0.3 is 0 Å². The van der Waals surface area contributed by atoms with Crippen molar-refractivity contribution >= 4 is 34.9 Å². The molecule has 2 nitrogen and oxygen atoms in total. The molecule has 0 aromatic heterocycles. The number of hydrogen-bond acceptors (Lipinski definition) is 4. The molecule has 0 aliphatic carbocycles. The van der Waals surface area contributed by atoms with Crippen LogP contribution in [0.5, 0.6) is 0 Å². The first-order chi connectivity index (χ1) is 10.1. The average Bonchev–Trinajstić information content (AvgIpc) is 2.53. The molecular formula is C17H22N2S2. The van der Waals surface area contributed by atoms with Gasteiger partial charge in [-0.2, -0.15) is 0 Å². The molecule has 21 heavy (non-hydrogen) atoms. The van der Waals surface area contributed by atoms with E-state index in [0.717, 1.165) is 5.88 Å². The molecule has 0 aliphatic heterocycles. The fraction of sp³-hybridized carbons (Fsp3) is 0.294. The number of rotatable bonds is 6. The van der Waals surface area contributed by atoms with Gasteiger partial charge in [-0.1, -0.05) is 0 Å². The Morgan fingerprint density at radius 1 is 0.762 bits per heavy atom. The lowest BCUT2D eigenvalue weighted by molar-refractivity contribution is 1.09. The molecular weight excluding hydrogens is 296 g/mol. The lowest BCUT2D eigenvalue weighted by atomic mass is 10.3. The van der Waals surface area contributed by atoms with Gasteiger partial charge in [0, 0.05) is 42.3 Å². The molecule has 2 rings (SSSR count). The third-order valence-electron chi connectivity index (χ3n) is 3.29. The Hall–Kier alpha value is -1.26. The molecule has 0 bridgehead atoms. The van der Waals surface area contributed by atoms with Gasteiger partial charge in [0.2, 0.25) is 0 Å². The summed E-state index contributed by atoms with van der Waals surface area (Å²) >= 11 is 3.63. The van der Waals surface area contributed by atoms with Crippen LogP contribution in [0.3, 0.4) is 0 Å². The van der Waals surface area contributed by atoms with E-state index in [2.05, 4.69) is 85.7 Å². The van der Waals surface area contributed by atoms with Crippen LogP contribution < -0.4 is 9.80 Å². The summed E-state index contributed by atoms with van der Waals surface area (Å²) in [6, 6.07) is 17.4. The molecule has 0 spiro atoms. The van der Waals surface area contributed by atoms with Gasteiger partial charge in [0.05, 0.1) is 5.88 Å². The minimum Gasteiger partial charge on any atom is -0.378 e. The van der Waals surface area contributed by atoms with E-state index < -0.39 is 0 Å². The second-order valence-electron chi connectivity index (χ2n) is 5.06. The second kappa shape index (κ2) is 7.66. The number of nitrogens with zero attached hydrogens (tertiary/aromatic N) is 2. The standard InChI is InChI=1S/C17H22N2S2/c1-18(2)14-5-11-17(12-6-14)21-13-19(3)15-7-9-16(20-4)10-8-15/h5-12H,13H2,1-4H3. The fourth-order valence-electron chi connectivity index (χ4n) is 1.92. The van der Waals surface area contributed by atoms with E-state index >= 15 is 0 Å². The molecule has 0 radical (unpaired) electrons. The smallest absolute Gasteiger partial charge is 0.0682 e. The summed E-state index contributed by atoms with van der Waals surface area (Å²) in [7, 11) is 6.26. The molecule has 0 unspecified atom stereocenters. The van der Waals surface area contributed by atoms with Crippen LogP contribution in [0.4, 0.5) is 11.4 Å². The second-order valence-corrected chi connectivity index (χ2v) is 6.96. The highest BCUT2D eigenvalue weighted by molar-refractivity contribution is 7.99. The van der Waals surface area contributed by atoms with Crippen LogP contribution in [0.1, 0.15) is 0 Å². The molecule has 0 atom stereocenters. The summed E-state index contributed by atoms with van der Waals surface area (Å²) in [6.45, 7) is 0. The highest BCUT2D eigenvalue weighted by Gasteiger charge is 2.03. The first-order valence-corrected chi connectivity index (χ1v) is 9.06. The molecule has 0 heterocycles. The van der Waals surface area contributed by atoms with Crippen LogP contribution in [0.2, 0.25) is 0 Å². The summed E-state index contributed by atoms with van der Waals surface area (Å²) in [4.78, 5) is 7.00. The fourth-order valence-corrected chi connectivity index (χ4v) is 3.15. The minimum atomic E-state index is 0.944. The van der Waals surface area contributed by atoms with Crippen molar-refractivity contribution in [1.29, 1.82) is 0 Å². The maximum Gasteiger partial charge on any atom is 0.0682 e. The van der Waals surface area contributed by atoms with Crippen molar-refractivity contribution in [1.82, 2.24) is 0 Å². The number of thioether (sulfide) groups is 2. The molecule has 0 saturated carbocycles. The van der Waals surface area contributed by atoms with Crippen molar-refractivity contribution in [2.24, 2.45) is 0 Å². The molecule has 2 aromatic rings. The highest BCUT2D eigenvalue weighted by Crippen LogP contribution is 2.25. The Bertz CT molecular complexity index is 550. The summed E-state index contributed by atoms with van der Waals surface area (Å²) in [5.74, 6) is 0.944. The van der Waals surface area contributed by atoms with Crippen molar-refractivity contribution in [3.63, 3.8) is 0 Å². The van der Waals surface area contributed by atoms with Crippen molar-refractivity contribution in [3.05, 3.63) is 48.5 Å². The quantitative estimate of drug-likeness (QED) is 0.564. The van der Waals surface area contributed by atoms with Crippen LogP contribution in [0, 0.1) is 0 Å². The molecule has 2 aromatic carbocycles. The molecule has 0 amide bonds. The van der Waals surface area contributed by atoms with E-state index in [1.807, 2.05) is 11.8 Å². The molecule has 0 saturated heterocycles. The largest absolute Gasteiger partial charge is 0.378 e. The maximum atomic E-state index is 2.27. The van der Waals surface area contributed by atoms with Gasteiger partial charge in [-0.3, -0.25) is 0 Å². The predicted molar refractivity (Wildman–Crippen MR) is 98.1 cm³/mol. The zero-order valence-electron chi connectivity index (χ0n) is 13.0. The third-order valence-corrected chi connectivity index (χ3v) is 5.16. The van der Waals surface area contributed by atoms with E-state index in [9.17, 15) is 0 Å². The van der Waals surface area contributed by atoms with E-state index in [4.69, 9.17) is 0 Å². The van der Waals surface area contributed by atoms with E-state index in [0.29, 0.717) is 0 Å². The van der Waals surface area contributed by atoms with Crippen molar-refractivity contribution < 1.29 is 0 Å². The first-order valence-electron chi connectivity index (χ1n) is 6.85. The van der Waals surface area contributed by atoms with Gasteiger partial charge in [-0.15, -0.1) is 23.5 Å². The third kappa shape index (κ3) is 4.61. The zero-order chi connectivity index (χ0) is 15.2. The van der Waals surface area contributed by atoms with Gasteiger partial charge in [0.15, 0.2) is 0 Å². The number of anilines is 2. The monoisotopic (exact) mass is 318 g/mol. The summed E-state index contributed by atoms with van der Waals surface area (Å²) in [5, 5.41) is 0. The average molecular weight is 319 g/mol. The molecule has 112 valence electrons. The Balaban J connectivity index is 1.92. The molecule has 0 fully saturated rings. The van der Waals surface area contributed by atoms with Crippen LogP contribution in [-0.4, -0.2) is 33.3 Å². The van der Waals surface area contributed by atoms with Crippen LogP contribution in [0.15, 0.2) is 58.3 Å². The van der Waals surface area contributed by atoms with Crippen molar-refractivity contribution in [2.45, 2.75) is 9.79 Å². The van der Waals surface area contributed by atoms with Gasteiger partial charge in [-0.05, 0) is 54.8 Å². The van der Waals surface area contributed by atoms with Crippen LogP contribution in [-0.2, 0) is 0 Å².